The summed E-state index contributed by atoms with van der Waals surface area (Å²) in [6, 6.07) is 4.25. The molecule has 0 bridgehead atoms. The maximum Gasteiger partial charge on any atom is 0.143 e. The van der Waals surface area contributed by atoms with Gasteiger partial charge in [-0.15, -0.1) is 0 Å². The Balaban J connectivity index is 2.02. The van der Waals surface area contributed by atoms with Crippen LogP contribution in [-0.4, -0.2) is 24.8 Å². The predicted molar refractivity (Wildman–Crippen MR) is 83.5 cm³/mol. The van der Waals surface area contributed by atoms with E-state index in [1.165, 1.54) is 41.3 Å². The molecule has 2 aromatic rings. The lowest BCUT2D eigenvalue weighted by molar-refractivity contribution is 0.373. The first-order valence-electron chi connectivity index (χ1n) is 7.53. The monoisotopic (exact) mass is 272 g/mol. The summed E-state index contributed by atoms with van der Waals surface area (Å²) in [5.74, 6) is 1.79. The second-order valence-corrected chi connectivity index (χ2v) is 5.97. The van der Waals surface area contributed by atoms with Gasteiger partial charge in [-0.1, -0.05) is 6.07 Å². The van der Waals surface area contributed by atoms with Crippen molar-refractivity contribution in [3.8, 4) is 5.75 Å². The summed E-state index contributed by atoms with van der Waals surface area (Å²) < 4.78 is 7.76. The van der Waals surface area contributed by atoms with Gasteiger partial charge in [0.15, 0.2) is 0 Å². The van der Waals surface area contributed by atoms with E-state index in [4.69, 9.17) is 4.74 Å². The second kappa shape index (κ2) is 5.49. The van der Waals surface area contributed by atoms with E-state index >= 15 is 0 Å². The lowest BCUT2D eigenvalue weighted by Gasteiger charge is -2.22. The van der Waals surface area contributed by atoms with Crippen LogP contribution in [0, 0.1) is 12.8 Å². The minimum atomic E-state index is 0.812. The topological polar surface area (TPSA) is 26.2 Å². The van der Waals surface area contributed by atoms with E-state index in [1.807, 2.05) is 0 Å². The number of ether oxygens (including phenoxy) is 1. The normalized spacial score (nSPS) is 16.8. The van der Waals surface area contributed by atoms with Crippen molar-refractivity contribution in [1.82, 2.24) is 9.88 Å². The molecule has 0 amide bonds. The van der Waals surface area contributed by atoms with Crippen molar-refractivity contribution in [2.75, 3.05) is 20.2 Å². The average Bonchev–Trinajstić information content (AvgIpc) is 2.79. The Morgan fingerprint density at radius 1 is 1.30 bits per heavy atom. The van der Waals surface area contributed by atoms with Crippen LogP contribution < -0.4 is 10.1 Å². The number of aryl methyl sites for hydroxylation is 2. The molecule has 1 saturated heterocycles. The van der Waals surface area contributed by atoms with Gasteiger partial charge in [0.1, 0.15) is 5.75 Å². The SMILES string of the molecule is COc1ccc(C)c2c(CC3CCNCC3)cn(C)c12. The highest BCUT2D eigenvalue weighted by molar-refractivity contribution is 5.92. The highest BCUT2D eigenvalue weighted by atomic mass is 16.5. The quantitative estimate of drug-likeness (QED) is 0.929. The molecule has 0 saturated carbocycles. The van der Waals surface area contributed by atoms with E-state index in [2.05, 4.69) is 42.2 Å². The Kier molecular flexibility index (Phi) is 3.70. The maximum atomic E-state index is 5.54. The van der Waals surface area contributed by atoms with E-state index in [0.29, 0.717) is 0 Å². The summed E-state index contributed by atoms with van der Waals surface area (Å²) in [5.41, 5.74) is 4.06. The molecule has 0 unspecified atom stereocenters. The number of benzene rings is 1. The molecule has 3 rings (SSSR count). The Morgan fingerprint density at radius 3 is 2.75 bits per heavy atom. The first kappa shape index (κ1) is 13.5. The van der Waals surface area contributed by atoms with Gasteiger partial charge in [0.2, 0.25) is 0 Å². The van der Waals surface area contributed by atoms with E-state index in [0.717, 1.165) is 24.8 Å². The van der Waals surface area contributed by atoms with Gasteiger partial charge in [0.25, 0.3) is 0 Å². The van der Waals surface area contributed by atoms with Gasteiger partial charge in [-0.05, 0) is 62.4 Å². The van der Waals surface area contributed by atoms with Crippen molar-refractivity contribution in [2.24, 2.45) is 13.0 Å². The summed E-state index contributed by atoms with van der Waals surface area (Å²) in [6.07, 6.45) is 6.06. The van der Waals surface area contributed by atoms with Gasteiger partial charge in [0, 0.05) is 18.6 Å². The number of rotatable bonds is 3. The second-order valence-electron chi connectivity index (χ2n) is 5.97. The molecule has 1 aliphatic rings. The molecular weight excluding hydrogens is 248 g/mol. The van der Waals surface area contributed by atoms with Crippen LogP contribution in [0.4, 0.5) is 0 Å². The molecule has 1 fully saturated rings. The van der Waals surface area contributed by atoms with Gasteiger partial charge in [0.05, 0.1) is 12.6 Å². The molecule has 20 heavy (non-hydrogen) atoms. The Labute approximate surface area is 120 Å². The van der Waals surface area contributed by atoms with Gasteiger partial charge in [-0.25, -0.2) is 0 Å². The highest BCUT2D eigenvalue weighted by Gasteiger charge is 2.18. The van der Waals surface area contributed by atoms with Crippen molar-refractivity contribution < 1.29 is 4.74 Å². The van der Waals surface area contributed by atoms with Gasteiger partial charge < -0.3 is 14.6 Å². The number of hydrogen-bond donors (Lipinski definition) is 1. The predicted octanol–water partition coefficient (Wildman–Crippen LogP) is 3.04. The van der Waals surface area contributed by atoms with E-state index < -0.39 is 0 Å². The van der Waals surface area contributed by atoms with E-state index in [1.54, 1.807) is 7.11 Å². The minimum absolute atomic E-state index is 0.812. The minimum Gasteiger partial charge on any atom is -0.495 e. The lowest BCUT2D eigenvalue weighted by atomic mass is 9.90. The smallest absolute Gasteiger partial charge is 0.143 e. The largest absolute Gasteiger partial charge is 0.495 e. The molecule has 1 N–H and O–H groups in total. The fourth-order valence-electron chi connectivity index (χ4n) is 3.51. The molecule has 3 nitrogen and oxygen atoms in total. The summed E-state index contributed by atoms with van der Waals surface area (Å²) in [5, 5.41) is 4.84. The molecule has 1 aliphatic heterocycles. The summed E-state index contributed by atoms with van der Waals surface area (Å²) in [6.45, 7) is 4.53. The Morgan fingerprint density at radius 2 is 2.05 bits per heavy atom. The van der Waals surface area contributed by atoms with Crippen LogP contribution in [0.1, 0.15) is 24.0 Å². The Bertz CT molecular complexity index is 609. The van der Waals surface area contributed by atoms with Gasteiger partial charge in [-0.3, -0.25) is 0 Å². The third-order valence-corrected chi connectivity index (χ3v) is 4.56. The van der Waals surface area contributed by atoms with Gasteiger partial charge >= 0.3 is 0 Å². The number of fused-ring (bicyclic) bond motifs is 1. The van der Waals surface area contributed by atoms with Crippen LogP contribution in [0.3, 0.4) is 0 Å². The number of piperidine rings is 1. The van der Waals surface area contributed by atoms with Crippen molar-refractivity contribution in [3.63, 3.8) is 0 Å². The number of nitrogens with zero attached hydrogens (tertiary/aromatic N) is 1. The number of hydrogen-bond acceptors (Lipinski definition) is 2. The zero-order valence-corrected chi connectivity index (χ0v) is 12.7. The van der Waals surface area contributed by atoms with Crippen LogP contribution in [0.25, 0.3) is 10.9 Å². The maximum absolute atomic E-state index is 5.54. The third-order valence-electron chi connectivity index (χ3n) is 4.56. The zero-order valence-electron chi connectivity index (χ0n) is 12.7. The van der Waals surface area contributed by atoms with E-state index in [9.17, 15) is 0 Å². The molecule has 0 spiro atoms. The lowest BCUT2D eigenvalue weighted by Crippen LogP contribution is -2.28. The zero-order chi connectivity index (χ0) is 14.1. The average molecular weight is 272 g/mol. The number of aromatic nitrogens is 1. The first-order chi connectivity index (χ1) is 9.70. The fraction of sp³-hybridized carbons (Fsp3) is 0.529. The molecule has 0 atom stereocenters. The van der Waals surface area contributed by atoms with Crippen LogP contribution in [0.2, 0.25) is 0 Å². The molecular formula is C17H24N2O. The molecule has 1 aromatic carbocycles. The first-order valence-corrected chi connectivity index (χ1v) is 7.53. The van der Waals surface area contributed by atoms with Crippen molar-refractivity contribution >= 4 is 10.9 Å². The summed E-state index contributed by atoms with van der Waals surface area (Å²) in [7, 11) is 3.87. The van der Waals surface area contributed by atoms with Crippen LogP contribution >= 0.6 is 0 Å². The summed E-state index contributed by atoms with van der Waals surface area (Å²) in [4.78, 5) is 0. The molecule has 2 heterocycles. The van der Waals surface area contributed by atoms with Crippen LogP contribution in [0.15, 0.2) is 18.3 Å². The molecule has 108 valence electrons. The third kappa shape index (κ3) is 2.31. The highest BCUT2D eigenvalue weighted by Crippen LogP contribution is 2.34. The van der Waals surface area contributed by atoms with E-state index in [-0.39, 0.29) is 0 Å². The van der Waals surface area contributed by atoms with Gasteiger partial charge in [-0.2, -0.15) is 0 Å². The molecule has 3 heteroatoms. The van der Waals surface area contributed by atoms with Crippen molar-refractivity contribution in [3.05, 3.63) is 29.5 Å². The standard InChI is InChI=1S/C17H24N2O/c1-12-4-5-15(20-3)17-16(12)14(11-19(17)2)10-13-6-8-18-9-7-13/h4-5,11,13,18H,6-10H2,1-3H3. The van der Waals surface area contributed by atoms with Crippen LogP contribution in [0.5, 0.6) is 5.75 Å². The van der Waals surface area contributed by atoms with Crippen molar-refractivity contribution in [2.45, 2.75) is 26.2 Å². The summed E-state index contributed by atoms with van der Waals surface area (Å²) >= 11 is 0. The number of nitrogens with one attached hydrogen (secondary N) is 1. The van der Waals surface area contributed by atoms with Crippen molar-refractivity contribution in [1.29, 1.82) is 0 Å². The number of methoxy groups -OCH3 is 1. The molecule has 0 radical (unpaired) electrons. The van der Waals surface area contributed by atoms with Crippen LogP contribution in [-0.2, 0) is 13.5 Å². The Hall–Kier alpha value is -1.48. The molecule has 1 aromatic heterocycles. The fourth-order valence-corrected chi connectivity index (χ4v) is 3.51. The molecule has 0 aliphatic carbocycles.